The van der Waals surface area contributed by atoms with Crippen molar-refractivity contribution in [1.29, 1.82) is 0 Å². The van der Waals surface area contributed by atoms with E-state index < -0.39 is 11.2 Å². The molecule has 0 atom stereocenters. The Morgan fingerprint density at radius 2 is 2.15 bits per heavy atom. The average molecular weight is 343 g/mol. The molecule has 0 bridgehead atoms. The van der Waals surface area contributed by atoms with Crippen molar-refractivity contribution in [3.63, 3.8) is 0 Å². The normalized spacial score (nSPS) is 26.3. The van der Waals surface area contributed by atoms with Crippen LogP contribution in [0.2, 0.25) is 0 Å². The van der Waals surface area contributed by atoms with Crippen LogP contribution in [-0.4, -0.2) is 12.5 Å². The topological polar surface area (TPSA) is 55.1 Å². The minimum Gasteiger partial charge on any atom is -0.329 e. The van der Waals surface area contributed by atoms with Crippen LogP contribution in [0.5, 0.6) is 0 Å². The molecular formula is C15H20BrFN2O. The second-order valence-corrected chi connectivity index (χ2v) is 6.66. The summed E-state index contributed by atoms with van der Waals surface area (Å²) >= 11 is 3.20. The Morgan fingerprint density at radius 3 is 2.70 bits per heavy atom. The molecule has 0 aromatic heterocycles. The number of amides is 1. The van der Waals surface area contributed by atoms with Crippen LogP contribution in [0.4, 0.5) is 10.1 Å². The molecule has 0 saturated heterocycles. The monoisotopic (exact) mass is 342 g/mol. The third-order valence-electron chi connectivity index (χ3n) is 4.28. The van der Waals surface area contributed by atoms with Gasteiger partial charge < -0.3 is 11.1 Å². The Balaban J connectivity index is 2.13. The van der Waals surface area contributed by atoms with Gasteiger partial charge in [0.2, 0.25) is 5.91 Å². The van der Waals surface area contributed by atoms with Gasteiger partial charge in [-0.25, -0.2) is 4.39 Å². The number of nitrogens with one attached hydrogen (secondary N) is 1. The van der Waals surface area contributed by atoms with Crippen LogP contribution in [0, 0.1) is 17.2 Å². The van der Waals surface area contributed by atoms with Crippen molar-refractivity contribution in [2.24, 2.45) is 17.1 Å². The second-order valence-electron chi connectivity index (χ2n) is 5.75. The zero-order chi connectivity index (χ0) is 14.8. The number of hydrogen-bond acceptors (Lipinski definition) is 2. The predicted octanol–water partition coefficient (Wildman–Crippen LogP) is 3.68. The summed E-state index contributed by atoms with van der Waals surface area (Å²) in [5.41, 5.74) is 5.50. The van der Waals surface area contributed by atoms with E-state index in [4.69, 9.17) is 5.73 Å². The lowest BCUT2D eigenvalue weighted by Crippen LogP contribution is -2.45. The molecule has 110 valence electrons. The predicted molar refractivity (Wildman–Crippen MR) is 81.8 cm³/mol. The summed E-state index contributed by atoms with van der Waals surface area (Å²) in [5.74, 6) is 0.0316. The van der Waals surface area contributed by atoms with Gasteiger partial charge >= 0.3 is 0 Å². The van der Waals surface area contributed by atoms with Crippen molar-refractivity contribution in [3.05, 3.63) is 28.5 Å². The van der Waals surface area contributed by atoms with Gasteiger partial charge in [0.1, 0.15) is 5.82 Å². The van der Waals surface area contributed by atoms with E-state index in [1.54, 1.807) is 12.1 Å². The van der Waals surface area contributed by atoms with Gasteiger partial charge in [-0.05, 0) is 49.8 Å². The Labute approximate surface area is 127 Å². The van der Waals surface area contributed by atoms with Crippen LogP contribution in [0.3, 0.4) is 0 Å². The SMILES string of the molecule is CC1CCC(CN)(C(=O)Nc2ccc(Br)cc2F)CC1. The van der Waals surface area contributed by atoms with Crippen molar-refractivity contribution in [2.45, 2.75) is 32.6 Å². The minimum atomic E-state index is -0.550. The lowest BCUT2D eigenvalue weighted by molar-refractivity contribution is -0.127. The fourth-order valence-electron chi connectivity index (χ4n) is 2.68. The molecular weight excluding hydrogens is 323 g/mol. The highest BCUT2D eigenvalue weighted by molar-refractivity contribution is 9.10. The Hall–Kier alpha value is -0.940. The van der Waals surface area contributed by atoms with E-state index in [9.17, 15) is 9.18 Å². The van der Waals surface area contributed by atoms with E-state index in [1.807, 2.05) is 0 Å². The highest BCUT2D eigenvalue weighted by atomic mass is 79.9. The summed E-state index contributed by atoms with van der Waals surface area (Å²) in [6, 6.07) is 4.61. The Bertz CT molecular complexity index is 499. The van der Waals surface area contributed by atoms with Crippen LogP contribution in [0.25, 0.3) is 0 Å². The first-order valence-corrected chi connectivity index (χ1v) is 7.73. The molecule has 0 spiro atoms. The van der Waals surface area contributed by atoms with Gasteiger partial charge in [-0.1, -0.05) is 22.9 Å². The average Bonchev–Trinajstić information content (AvgIpc) is 2.43. The molecule has 2 rings (SSSR count). The van der Waals surface area contributed by atoms with Crippen molar-refractivity contribution >= 4 is 27.5 Å². The molecule has 1 aliphatic carbocycles. The van der Waals surface area contributed by atoms with Gasteiger partial charge in [0.05, 0.1) is 11.1 Å². The maximum Gasteiger partial charge on any atom is 0.231 e. The standard InChI is InChI=1S/C15H20BrFN2O/c1-10-4-6-15(9-18,7-5-10)14(20)19-13-3-2-11(16)8-12(13)17/h2-3,8,10H,4-7,9,18H2,1H3,(H,19,20). The van der Waals surface area contributed by atoms with E-state index in [1.165, 1.54) is 6.07 Å². The molecule has 1 aromatic rings. The molecule has 20 heavy (non-hydrogen) atoms. The van der Waals surface area contributed by atoms with Crippen molar-refractivity contribution in [1.82, 2.24) is 0 Å². The maximum atomic E-state index is 13.8. The number of carbonyl (C=O) groups is 1. The van der Waals surface area contributed by atoms with Crippen LogP contribution in [-0.2, 0) is 4.79 Å². The highest BCUT2D eigenvalue weighted by Crippen LogP contribution is 2.39. The van der Waals surface area contributed by atoms with Gasteiger partial charge in [-0.2, -0.15) is 0 Å². The van der Waals surface area contributed by atoms with Crippen molar-refractivity contribution in [3.8, 4) is 0 Å². The summed E-state index contributed by atoms with van der Waals surface area (Å²) in [5, 5.41) is 2.70. The quantitative estimate of drug-likeness (QED) is 0.880. The number of hydrogen-bond donors (Lipinski definition) is 2. The summed E-state index contributed by atoms with van der Waals surface area (Å²) in [6.45, 7) is 2.50. The van der Waals surface area contributed by atoms with E-state index in [-0.39, 0.29) is 11.6 Å². The second kappa shape index (κ2) is 6.22. The van der Waals surface area contributed by atoms with Crippen LogP contribution < -0.4 is 11.1 Å². The number of benzene rings is 1. The number of nitrogens with two attached hydrogens (primary N) is 1. The van der Waals surface area contributed by atoms with Crippen LogP contribution >= 0.6 is 15.9 Å². The molecule has 3 N–H and O–H groups in total. The van der Waals surface area contributed by atoms with E-state index in [2.05, 4.69) is 28.2 Å². The van der Waals surface area contributed by atoms with E-state index in [0.717, 1.165) is 25.7 Å². The molecule has 1 saturated carbocycles. The molecule has 0 aliphatic heterocycles. The number of anilines is 1. The lowest BCUT2D eigenvalue weighted by Gasteiger charge is -2.37. The maximum absolute atomic E-state index is 13.8. The van der Waals surface area contributed by atoms with E-state index in [0.29, 0.717) is 16.9 Å². The summed E-state index contributed by atoms with van der Waals surface area (Å²) in [4.78, 5) is 12.5. The third-order valence-corrected chi connectivity index (χ3v) is 4.78. The minimum absolute atomic E-state index is 0.159. The van der Waals surface area contributed by atoms with Gasteiger partial charge in [0.25, 0.3) is 0 Å². The lowest BCUT2D eigenvalue weighted by atomic mass is 9.70. The first kappa shape index (κ1) is 15.4. The Kier molecular flexibility index (Phi) is 4.81. The van der Waals surface area contributed by atoms with Gasteiger partial charge in [0, 0.05) is 11.0 Å². The molecule has 1 aromatic carbocycles. The van der Waals surface area contributed by atoms with Crippen LogP contribution in [0.15, 0.2) is 22.7 Å². The largest absolute Gasteiger partial charge is 0.329 e. The molecule has 0 heterocycles. The van der Waals surface area contributed by atoms with Crippen molar-refractivity contribution < 1.29 is 9.18 Å². The van der Waals surface area contributed by atoms with Gasteiger partial charge in [-0.15, -0.1) is 0 Å². The fraction of sp³-hybridized carbons (Fsp3) is 0.533. The summed E-state index contributed by atoms with van der Waals surface area (Å²) in [7, 11) is 0. The van der Waals surface area contributed by atoms with E-state index >= 15 is 0 Å². The third kappa shape index (κ3) is 3.20. The zero-order valence-electron chi connectivity index (χ0n) is 11.6. The number of rotatable bonds is 3. The number of carbonyl (C=O) groups excluding carboxylic acids is 1. The molecule has 1 fully saturated rings. The fourth-order valence-corrected chi connectivity index (χ4v) is 3.02. The summed E-state index contributed by atoms with van der Waals surface area (Å²) < 4.78 is 14.4. The smallest absolute Gasteiger partial charge is 0.231 e. The van der Waals surface area contributed by atoms with Crippen LogP contribution in [0.1, 0.15) is 32.6 Å². The molecule has 1 aliphatic rings. The molecule has 3 nitrogen and oxygen atoms in total. The Morgan fingerprint density at radius 1 is 1.50 bits per heavy atom. The summed E-state index contributed by atoms with van der Waals surface area (Å²) in [6.07, 6.45) is 3.53. The highest BCUT2D eigenvalue weighted by Gasteiger charge is 2.40. The molecule has 1 amide bonds. The molecule has 0 radical (unpaired) electrons. The zero-order valence-corrected chi connectivity index (χ0v) is 13.2. The van der Waals surface area contributed by atoms with Gasteiger partial charge in [-0.3, -0.25) is 4.79 Å². The first-order valence-electron chi connectivity index (χ1n) is 6.93. The van der Waals surface area contributed by atoms with Gasteiger partial charge in [0.15, 0.2) is 0 Å². The molecule has 0 unspecified atom stereocenters. The van der Waals surface area contributed by atoms with Crippen molar-refractivity contribution in [2.75, 3.05) is 11.9 Å². The number of halogens is 2. The first-order chi connectivity index (χ1) is 9.47. The molecule has 5 heteroatoms.